The van der Waals surface area contributed by atoms with Crippen LogP contribution in [0, 0.1) is 20.8 Å². The SMILES string of the molecule is COc1ccc(C)cc1NC(=O)CC1CSc2nc3c(cnn3-c3ccc(C)c(C)c3)c(=O)n21. The zero-order chi connectivity index (χ0) is 24.0. The molecule has 2 aromatic carbocycles. The molecule has 0 saturated carbocycles. The molecule has 0 fully saturated rings. The zero-order valence-electron chi connectivity index (χ0n) is 19.5. The average Bonchev–Trinajstić information content (AvgIpc) is 3.41. The van der Waals surface area contributed by atoms with E-state index in [0.717, 1.165) is 16.8 Å². The summed E-state index contributed by atoms with van der Waals surface area (Å²) in [6.45, 7) is 6.05. The number of methoxy groups -OCH3 is 1. The largest absolute Gasteiger partial charge is 0.495 e. The number of nitrogens with one attached hydrogen (secondary N) is 1. The number of nitrogens with zero attached hydrogens (tertiary/aromatic N) is 4. The van der Waals surface area contributed by atoms with Crippen LogP contribution in [0.4, 0.5) is 5.69 Å². The van der Waals surface area contributed by atoms with E-state index in [1.165, 1.54) is 17.3 Å². The van der Waals surface area contributed by atoms with E-state index in [1.54, 1.807) is 22.6 Å². The molecule has 4 aromatic rings. The van der Waals surface area contributed by atoms with Gasteiger partial charge in [0.15, 0.2) is 10.8 Å². The van der Waals surface area contributed by atoms with Gasteiger partial charge in [-0.1, -0.05) is 23.9 Å². The first-order valence-corrected chi connectivity index (χ1v) is 12.0. The van der Waals surface area contributed by atoms with Crippen molar-refractivity contribution in [2.75, 3.05) is 18.2 Å². The summed E-state index contributed by atoms with van der Waals surface area (Å²) in [5, 5.41) is 8.42. The molecule has 3 heterocycles. The van der Waals surface area contributed by atoms with Crippen LogP contribution in [0.1, 0.15) is 29.2 Å². The molecule has 1 unspecified atom stereocenters. The number of hydrogen-bond acceptors (Lipinski definition) is 6. The van der Waals surface area contributed by atoms with Gasteiger partial charge in [0.05, 0.1) is 30.7 Å². The maximum Gasteiger partial charge on any atom is 0.265 e. The second kappa shape index (κ2) is 8.64. The van der Waals surface area contributed by atoms with E-state index in [-0.39, 0.29) is 23.9 Å². The monoisotopic (exact) mass is 475 g/mol. The lowest BCUT2D eigenvalue weighted by molar-refractivity contribution is -0.116. The number of anilines is 1. The molecule has 174 valence electrons. The van der Waals surface area contributed by atoms with Gasteiger partial charge in [0.25, 0.3) is 5.56 Å². The number of thioether (sulfide) groups is 1. The highest BCUT2D eigenvalue weighted by Gasteiger charge is 2.30. The smallest absolute Gasteiger partial charge is 0.265 e. The lowest BCUT2D eigenvalue weighted by Gasteiger charge is -2.15. The van der Waals surface area contributed by atoms with E-state index in [2.05, 4.69) is 17.3 Å². The molecule has 5 rings (SSSR count). The number of carbonyl (C=O) groups is 1. The van der Waals surface area contributed by atoms with Crippen LogP contribution in [0.2, 0.25) is 0 Å². The summed E-state index contributed by atoms with van der Waals surface area (Å²) in [6, 6.07) is 11.4. The van der Waals surface area contributed by atoms with Gasteiger partial charge in [0.1, 0.15) is 11.1 Å². The minimum absolute atomic E-state index is 0.162. The highest BCUT2D eigenvalue weighted by molar-refractivity contribution is 7.99. The molecule has 1 N–H and O–H groups in total. The van der Waals surface area contributed by atoms with Crippen LogP contribution in [0.25, 0.3) is 16.7 Å². The van der Waals surface area contributed by atoms with Gasteiger partial charge in [-0.25, -0.2) is 9.67 Å². The van der Waals surface area contributed by atoms with Gasteiger partial charge in [0, 0.05) is 12.2 Å². The Morgan fingerprint density at radius 1 is 1.18 bits per heavy atom. The van der Waals surface area contributed by atoms with Crippen LogP contribution in [-0.4, -0.2) is 38.1 Å². The van der Waals surface area contributed by atoms with Crippen molar-refractivity contribution in [3.63, 3.8) is 0 Å². The minimum Gasteiger partial charge on any atom is -0.495 e. The Bertz CT molecular complexity index is 1490. The first kappa shape index (κ1) is 22.2. The van der Waals surface area contributed by atoms with Crippen molar-refractivity contribution in [1.82, 2.24) is 19.3 Å². The van der Waals surface area contributed by atoms with Gasteiger partial charge in [-0.05, 0) is 61.7 Å². The van der Waals surface area contributed by atoms with Crippen molar-refractivity contribution < 1.29 is 9.53 Å². The average molecular weight is 476 g/mol. The van der Waals surface area contributed by atoms with E-state index < -0.39 is 0 Å². The second-order valence-corrected chi connectivity index (χ2v) is 9.54. The Kier molecular flexibility index (Phi) is 5.65. The third kappa shape index (κ3) is 3.86. The van der Waals surface area contributed by atoms with E-state index >= 15 is 0 Å². The lowest BCUT2D eigenvalue weighted by atomic mass is 10.1. The Balaban J connectivity index is 1.44. The predicted octanol–water partition coefficient (Wildman–Crippen LogP) is 4.19. The molecule has 1 aliphatic rings. The molecule has 1 aliphatic heterocycles. The van der Waals surface area contributed by atoms with Gasteiger partial charge in [-0.2, -0.15) is 5.10 Å². The maximum atomic E-state index is 13.4. The van der Waals surface area contributed by atoms with Crippen LogP contribution in [0.5, 0.6) is 5.75 Å². The fourth-order valence-corrected chi connectivity index (χ4v) is 5.29. The molecule has 0 radical (unpaired) electrons. The number of rotatable bonds is 5. The standard InChI is InChI=1S/C25H25N5O3S/c1-14-5-8-21(33-4)20(9-14)27-22(31)11-18-13-34-25-28-23-19(24(32)29(18)25)12-26-30(23)17-7-6-15(2)16(3)10-17/h5-10,12,18H,11,13H2,1-4H3,(H,27,31). The van der Waals surface area contributed by atoms with Crippen LogP contribution in [0.15, 0.2) is 52.5 Å². The van der Waals surface area contributed by atoms with Crippen molar-refractivity contribution in [2.45, 2.75) is 38.4 Å². The molecule has 1 amide bonds. The number of aryl methyl sites for hydroxylation is 3. The molecular formula is C25H25N5O3S. The predicted molar refractivity (Wildman–Crippen MR) is 133 cm³/mol. The number of hydrogen-bond donors (Lipinski definition) is 1. The first-order valence-electron chi connectivity index (χ1n) is 11.0. The number of fused-ring (bicyclic) bond motifs is 2. The number of ether oxygens (including phenoxy) is 1. The quantitative estimate of drug-likeness (QED) is 0.435. The number of benzene rings is 2. The number of amides is 1. The van der Waals surface area contributed by atoms with Crippen LogP contribution < -0.4 is 15.6 Å². The van der Waals surface area contributed by atoms with Crippen molar-refractivity contribution in [3.05, 3.63) is 69.6 Å². The molecule has 34 heavy (non-hydrogen) atoms. The van der Waals surface area contributed by atoms with Crippen LogP contribution >= 0.6 is 11.8 Å². The first-order chi connectivity index (χ1) is 16.4. The lowest BCUT2D eigenvalue weighted by Crippen LogP contribution is -2.27. The van der Waals surface area contributed by atoms with Gasteiger partial charge < -0.3 is 10.1 Å². The van der Waals surface area contributed by atoms with Gasteiger partial charge in [-0.15, -0.1) is 0 Å². The summed E-state index contributed by atoms with van der Waals surface area (Å²) in [4.78, 5) is 31.0. The fourth-order valence-electron chi connectivity index (χ4n) is 4.16. The van der Waals surface area contributed by atoms with Crippen LogP contribution in [-0.2, 0) is 4.79 Å². The van der Waals surface area contributed by atoms with Gasteiger partial charge >= 0.3 is 0 Å². The van der Waals surface area contributed by atoms with Crippen molar-refractivity contribution in [3.8, 4) is 11.4 Å². The highest BCUT2D eigenvalue weighted by Crippen LogP contribution is 2.34. The second-order valence-electron chi connectivity index (χ2n) is 8.55. The molecule has 2 aromatic heterocycles. The number of carbonyl (C=O) groups excluding carboxylic acids is 1. The van der Waals surface area contributed by atoms with Crippen molar-refractivity contribution >= 4 is 34.4 Å². The molecule has 9 heteroatoms. The topological polar surface area (TPSA) is 91.0 Å². The molecular weight excluding hydrogens is 450 g/mol. The van der Waals surface area contributed by atoms with E-state index in [9.17, 15) is 9.59 Å². The molecule has 1 atom stereocenters. The van der Waals surface area contributed by atoms with Gasteiger partial charge in [-0.3, -0.25) is 14.2 Å². The fraction of sp³-hybridized carbons (Fsp3) is 0.280. The maximum absolute atomic E-state index is 13.4. The third-order valence-electron chi connectivity index (χ3n) is 6.16. The number of aromatic nitrogens is 4. The minimum atomic E-state index is -0.287. The zero-order valence-corrected chi connectivity index (χ0v) is 20.3. The molecule has 0 spiro atoms. The Labute approximate surface area is 201 Å². The van der Waals surface area contributed by atoms with E-state index in [0.29, 0.717) is 33.4 Å². The Morgan fingerprint density at radius 2 is 2.00 bits per heavy atom. The summed E-state index contributed by atoms with van der Waals surface area (Å²) >= 11 is 1.48. The Morgan fingerprint density at radius 3 is 2.76 bits per heavy atom. The highest BCUT2D eigenvalue weighted by atomic mass is 32.2. The summed E-state index contributed by atoms with van der Waals surface area (Å²) in [5.74, 6) is 1.02. The summed E-state index contributed by atoms with van der Waals surface area (Å²) in [7, 11) is 1.57. The normalized spacial score (nSPS) is 14.9. The Hall–Kier alpha value is -3.59. The van der Waals surface area contributed by atoms with Crippen molar-refractivity contribution in [1.29, 1.82) is 0 Å². The summed E-state index contributed by atoms with van der Waals surface area (Å²) in [5.41, 5.74) is 5.18. The van der Waals surface area contributed by atoms with Gasteiger partial charge in [0.2, 0.25) is 5.91 Å². The van der Waals surface area contributed by atoms with E-state index in [1.807, 2.05) is 50.2 Å². The molecule has 8 nitrogen and oxygen atoms in total. The van der Waals surface area contributed by atoms with Crippen molar-refractivity contribution in [2.24, 2.45) is 0 Å². The van der Waals surface area contributed by atoms with E-state index in [4.69, 9.17) is 9.72 Å². The third-order valence-corrected chi connectivity index (χ3v) is 7.25. The summed E-state index contributed by atoms with van der Waals surface area (Å²) < 4.78 is 8.69. The summed E-state index contributed by atoms with van der Waals surface area (Å²) in [6.07, 6.45) is 1.72. The molecule has 0 aliphatic carbocycles. The van der Waals surface area contributed by atoms with Crippen LogP contribution in [0.3, 0.4) is 0 Å². The molecule has 0 saturated heterocycles. The molecule has 0 bridgehead atoms.